The molecule has 1 aromatic rings. The van der Waals surface area contributed by atoms with E-state index in [9.17, 15) is 9.59 Å². The first kappa shape index (κ1) is 13.5. The Balaban J connectivity index is 2.08. The molecule has 5 heteroatoms. The van der Waals surface area contributed by atoms with Gasteiger partial charge >= 0.3 is 5.97 Å². The lowest BCUT2D eigenvalue weighted by Crippen LogP contribution is -2.29. The first-order chi connectivity index (χ1) is 9.11. The van der Waals surface area contributed by atoms with E-state index in [-0.39, 0.29) is 17.3 Å². The lowest BCUT2D eigenvalue weighted by Gasteiger charge is -2.16. The maximum absolute atomic E-state index is 12.2. The molecule has 2 heterocycles. The first-order valence-corrected chi connectivity index (χ1v) is 6.61. The summed E-state index contributed by atoms with van der Waals surface area (Å²) in [6.45, 7) is 3.64. The van der Waals surface area contributed by atoms with Crippen LogP contribution in [0.3, 0.4) is 0 Å². The van der Waals surface area contributed by atoms with Crippen LogP contribution in [0.2, 0.25) is 0 Å². The molecule has 1 saturated heterocycles. The number of pyridine rings is 1. The third-order valence-electron chi connectivity index (χ3n) is 3.46. The highest BCUT2D eigenvalue weighted by molar-refractivity contribution is 5.94. The van der Waals surface area contributed by atoms with Crippen molar-refractivity contribution in [2.24, 2.45) is 5.92 Å². The molecule has 102 valence electrons. The summed E-state index contributed by atoms with van der Waals surface area (Å²) in [5, 5.41) is 8.88. The Morgan fingerprint density at radius 2 is 2.16 bits per heavy atom. The van der Waals surface area contributed by atoms with Crippen LogP contribution in [-0.4, -0.2) is 40.0 Å². The Morgan fingerprint density at radius 1 is 1.42 bits per heavy atom. The van der Waals surface area contributed by atoms with Crippen molar-refractivity contribution in [3.05, 3.63) is 29.6 Å². The van der Waals surface area contributed by atoms with Crippen molar-refractivity contribution in [3.63, 3.8) is 0 Å². The summed E-state index contributed by atoms with van der Waals surface area (Å²) in [5.41, 5.74) is 0.132. The molecule has 5 nitrogen and oxygen atoms in total. The van der Waals surface area contributed by atoms with Crippen LogP contribution in [0.1, 0.15) is 47.2 Å². The van der Waals surface area contributed by atoms with Crippen molar-refractivity contribution in [1.82, 2.24) is 9.88 Å². The number of amides is 1. The topological polar surface area (TPSA) is 70.5 Å². The average Bonchev–Trinajstić information content (AvgIpc) is 2.87. The van der Waals surface area contributed by atoms with Crippen LogP contribution in [0.25, 0.3) is 0 Å². The Bertz CT molecular complexity index is 487. The molecule has 1 aromatic heterocycles. The number of aromatic carboxylic acids is 1. The first-order valence-electron chi connectivity index (χ1n) is 6.61. The lowest BCUT2D eigenvalue weighted by atomic mass is 10.0. The van der Waals surface area contributed by atoms with E-state index in [2.05, 4.69) is 11.9 Å². The van der Waals surface area contributed by atoms with Crippen molar-refractivity contribution in [1.29, 1.82) is 0 Å². The van der Waals surface area contributed by atoms with E-state index in [1.54, 1.807) is 17.0 Å². The van der Waals surface area contributed by atoms with Crippen molar-refractivity contribution < 1.29 is 14.7 Å². The average molecular weight is 262 g/mol. The number of carboxylic acid groups (broad SMARTS) is 1. The third kappa shape index (κ3) is 3.10. The van der Waals surface area contributed by atoms with E-state index >= 15 is 0 Å². The molecule has 1 amide bonds. The number of carbonyl (C=O) groups excluding carboxylic acids is 1. The maximum Gasteiger partial charge on any atom is 0.354 e. The van der Waals surface area contributed by atoms with E-state index < -0.39 is 5.97 Å². The molecular weight excluding hydrogens is 244 g/mol. The maximum atomic E-state index is 12.2. The monoisotopic (exact) mass is 262 g/mol. The van der Waals surface area contributed by atoms with Crippen molar-refractivity contribution in [2.75, 3.05) is 13.1 Å². The van der Waals surface area contributed by atoms with Crippen molar-refractivity contribution >= 4 is 11.9 Å². The summed E-state index contributed by atoms with van der Waals surface area (Å²) in [6, 6.07) is 4.52. The standard InChI is InChI=1S/C14H18N2O3/c1-2-4-10-7-8-16(9-10)13(17)11-5-3-6-12(15-11)14(18)19/h3,5-6,10H,2,4,7-9H2,1H3,(H,18,19). The number of aromatic nitrogens is 1. The zero-order valence-corrected chi connectivity index (χ0v) is 11.0. The summed E-state index contributed by atoms with van der Waals surface area (Å²) in [7, 11) is 0. The van der Waals surface area contributed by atoms with Gasteiger partial charge in [0, 0.05) is 13.1 Å². The van der Waals surface area contributed by atoms with Crippen LogP contribution >= 0.6 is 0 Å². The number of carboxylic acids is 1. The Kier molecular flexibility index (Phi) is 4.14. The van der Waals surface area contributed by atoms with Crippen LogP contribution in [0.4, 0.5) is 0 Å². The number of likely N-dealkylation sites (tertiary alicyclic amines) is 1. The number of hydrogen-bond acceptors (Lipinski definition) is 3. The van der Waals surface area contributed by atoms with Crippen molar-refractivity contribution in [3.8, 4) is 0 Å². The number of hydrogen-bond donors (Lipinski definition) is 1. The minimum absolute atomic E-state index is 0.0878. The molecule has 1 atom stereocenters. The highest BCUT2D eigenvalue weighted by Crippen LogP contribution is 2.22. The highest BCUT2D eigenvalue weighted by Gasteiger charge is 2.27. The van der Waals surface area contributed by atoms with Gasteiger partial charge in [-0.1, -0.05) is 19.4 Å². The van der Waals surface area contributed by atoms with E-state index in [4.69, 9.17) is 5.11 Å². The van der Waals surface area contributed by atoms with Gasteiger partial charge in [0.25, 0.3) is 5.91 Å². The van der Waals surface area contributed by atoms with Gasteiger partial charge in [-0.3, -0.25) is 4.79 Å². The van der Waals surface area contributed by atoms with Crippen LogP contribution < -0.4 is 0 Å². The zero-order valence-electron chi connectivity index (χ0n) is 11.0. The second-order valence-corrected chi connectivity index (χ2v) is 4.91. The number of rotatable bonds is 4. The molecule has 0 bridgehead atoms. The van der Waals surface area contributed by atoms with Gasteiger partial charge in [-0.05, 0) is 30.9 Å². The lowest BCUT2D eigenvalue weighted by molar-refractivity contribution is 0.0690. The largest absolute Gasteiger partial charge is 0.477 e. The highest BCUT2D eigenvalue weighted by atomic mass is 16.4. The summed E-state index contributed by atoms with van der Waals surface area (Å²) in [6.07, 6.45) is 3.28. The number of nitrogens with zero attached hydrogens (tertiary/aromatic N) is 2. The van der Waals surface area contributed by atoms with Gasteiger partial charge in [-0.25, -0.2) is 9.78 Å². The smallest absolute Gasteiger partial charge is 0.354 e. The summed E-state index contributed by atoms with van der Waals surface area (Å²) < 4.78 is 0. The molecule has 0 saturated carbocycles. The normalized spacial score (nSPS) is 18.6. The Labute approximate surface area is 112 Å². The SMILES string of the molecule is CCCC1CCN(C(=O)c2cccc(C(=O)O)n2)C1. The van der Waals surface area contributed by atoms with E-state index in [0.717, 1.165) is 32.4 Å². The van der Waals surface area contributed by atoms with E-state index in [1.807, 2.05) is 0 Å². The molecule has 1 unspecified atom stereocenters. The second kappa shape index (κ2) is 5.82. The Hall–Kier alpha value is -1.91. The minimum atomic E-state index is -1.11. The second-order valence-electron chi connectivity index (χ2n) is 4.91. The molecule has 19 heavy (non-hydrogen) atoms. The molecule has 1 aliphatic heterocycles. The van der Waals surface area contributed by atoms with Gasteiger partial charge < -0.3 is 10.0 Å². The van der Waals surface area contributed by atoms with Crippen molar-refractivity contribution in [2.45, 2.75) is 26.2 Å². The molecule has 0 aliphatic carbocycles. The zero-order chi connectivity index (χ0) is 13.8. The fourth-order valence-electron chi connectivity index (χ4n) is 2.50. The minimum Gasteiger partial charge on any atom is -0.477 e. The molecule has 0 radical (unpaired) electrons. The fourth-order valence-corrected chi connectivity index (χ4v) is 2.50. The molecule has 1 aliphatic rings. The summed E-state index contributed by atoms with van der Waals surface area (Å²) in [5.74, 6) is -0.710. The molecule has 1 N–H and O–H groups in total. The van der Waals surface area contributed by atoms with Crippen LogP contribution in [0.5, 0.6) is 0 Å². The predicted octanol–water partition coefficient (Wildman–Crippen LogP) is 2.04. The van der Waals surface area contributed by atoms with Gasteiger partial charge in [-0.15, -0.1) is 0 Å². The van der Waals surface area contributed by atoms with Crippen LogP contribution in [-0.2, 0) is 0 Å². The van der Waals surface area contributed by atoms with Gasteiger partial charge in [0.05, 0.1) is 0 Å². The van der Waals surface area contributed by atoms with Crippen LogP contribution in [0.15, 0.2) is 18.2 Å². The van der Waals surface area contributed by atoms with Gasteiger partial charge in [0.1, 0.15) is 11.4 Å². The van der Waals surface area contributed by atoms with E-state index in [1.165, 1.54) is 6.07 Å². The summed E-state index contributed by atoms with van der Waals surface area (Å²) >= 11 is 0. The van der Waals surface area contributed by atoms with Gasteiger partial charge in [0.15, 0.2) is 0 Å². The summed E-state index contributed by atoms with van der Waals surface area (Å²) in [4.78, 5) is 28.8. The molecule has 1 fully saturated rings. The van der Waals surface area contributed by atoms with Crippen LogP contribution in [0, 0.1) is 5.92 Å². The fraction of sp³-hybridized carbons (Fsp3) is 0.500. The molecule has 0 spiro atoms. The molecule has 0 aromatic carbocycles. The Morgan fingerprint density at radius 3 is 2.84 bits per heavy atom. The number of carbonyl (C=O) groups is 2. The van der Waals surface area contributed by atoms with Gasteiger partial charge in [0.2, 0.25) is 0 Å². The molecule has 2 rings (SSSR count). The quantitative estimate of drug-likeness (QED) is 0.901. The molecular formula is C14H18N2O3. The van der Waals surface area contributed by atoms with Gasteiger partial charge in [-0.2, -0.15) is 0 Å². The predicted molar refractivity (Wildman–Crippen MR) is 70.1 cm³/mol. The van der Waals surface area contributed by atoms with E-state index in [0.29, 0.717) is 5.92 Å². The third-order valence-corrected chi connectivity index (χ3v) is 3.46.